The summed E-state index contributed by atoms with van der Waals surface area (Å²) in [5.74, 6) is -0.0290. The Morgan fingerprint density at radius 3 is 2.61 bits per heavy atom. The Hall–Kier alpha value is -3.07. The number of amidine groups is 1. The Balaban J connectivity index is 1.74. The molecule has 0 amide bonds. The first-order valence-corrected chi connectivity index (χ1v) is 12.0. The van der Waals surface area contributed by atoms with E-state index in [4.69, 9.17) is 16.1 Å². The van der Waals surface area contributed by atoms with Crippen molar-refractivity contribution >= 4 is 37.4 Å². The molecule has 6 nitrogen and oxygen atoms in total. The van der Waals surface area contributed by atoms with Gasteiger partial charge in [0.2, 0.25) is 10.0 Å². The van der Waals surface area contributed by atoms with Crippen LogP contribution in [0.2, 0.25) is 0 Å². The normalized spacial score (nSPS) is 12.7. The lowest BCUT2D eigenvalue weighted by Crippen LogP contribution is -2.30. The van der Waals surface area contributed by atoms with Gasteiger partial charge in [-0.1, -0.05) is 42.5 Å². The molecule has 4 aromatic rings. The van der Waals surface area contributed by atoms with Crippen LogP contribution < -0.4 is 10.5 Å². The number of aromatic nitrogens is 1. The minimum Gasteiger partial charge on any atom is -0.384 e. The smallest absolute Gasteiger partial charge is 0.241 e. The molecule has 1 aromatic heterocycles. The summed E-state index contributed by atoms with van der Waals surface area (Å²) in [6.07, 6.45) is 0.381. The first-order valence-electron chi connectivity index (χ1n) is 9.69. The summed E-state index contributed by atoms with van der Waals surface area (Å²) in [6.45, 7) is 2.00. The van der Waals surface area contributed by atoms with Crippen LogP contribution in [-0.4, -0.2) is 19.2 Å². The fourth-order valence-electron chi connectivity index (χ4n) is 3.34. The first kappa shape index (κ1) is 21.2. The van der Waals surface area contributed by atoms with E-state index >= 15 is 0 Å². The number of hydrogen-bond donors (Lipinski definition) is 3. The largest absolute Gasteiger partial charge is 0.384 e. The molecule has 3 aromatic carbocycles. The van der Waals surface area contributed by atoms with E-state index in [2.05, 4.69) is 4.72 Å². The van der Waals surface area contributed by atoms with E-state index in [-0.39, 0.29) is 10.7 Å². The van der Waals surface area contributed by atoms with Gasteiger partial charge in [-0.2, -0.15) is 0 Å². The molecule has 0 saturated heterocycles. The molecule has 0 aliphatic carbocycles. The predicted molar refractivity (Wildman–Crippen MR) is 125 cm³/mol. The second-order valence-corrected chi connectivity index (χ2v) is 10.1. The average Bonchev–Trinajstić information content (AvgIpc) is 3.17. The van der Waals surface area contributed by atoms with E-state index in [9.17, 15) is 8.42 Å². The van der Waals surface area contributed by atoms with Crippen molar-refractivity contribution < 1.29 is 8.42 Å². The molecule has 4 rings (SSSR count). The quantitative estimate of drug-likeness (QED) is 0.290. The molecule has 0 bridgehead atoms. The summed E-state index contributed by atoms with van der Waals surface area (Å²) in [7, 11) is -3.75. The van der Waals surface area contributed by atoms with Crippen LogP contribution in [0.1, 0.15) is 27.7 Å². The van der Waals surface area contributed by atoms with E-state index in [1.54, 1.807) is 36.4 Å². The van der Waals surface area contributed by atoms with Crippen molar-refractivity contribution in [2.24, 2.45) is 5.73 Å². The number of rotatable bonds is 7. The number of nitrogens with one attached hydrogen (secondary N) is 2. The van der Waals surface area contributed by atoms with E-state index in [0.717, 1.165) is 21.3 Å². The molecular weight excluding hydrogens is 428 g/mol. The zero-order valence-corrected chi connectivity index (χ0v) is 18.5. The highest BCUT2D eigenvalue weighted by Crippen LogP contribution is 2.30. The average molecular weight is 451 g/mol. The van der Waals surface area contributed by atoms with Crippen molar-refractivity contribution in [1.29, 1.82) is 5.41 Å². The van der Waals surface area contributed by atoms with Gasteiger partial charge >= 0.3 is 0 Å². The molecule has 1 unspecified atom stereocenters. The number of sulfonamides is 1. The molecule has 0 aliphatic heterocycles. The van der Waals surface area contributed by atoms with Gasteiger partial charge in [-0.05, 0) is 54.8 Å². The lowest BCUT2D eigenvalue weighted by atomic mass is 10.0. The van der Waals surface area contributed by atoms with Crippen molar-refractivity contribution in [3.63, 3.8) is 0 Å². The molecule has 0 fully saturated rings. The van der Waals surface area contributed by atoms with Gasteiger partial charge in [0.25, 0.3) is 0 Å². The Morgan fingerprint density at radius 2 is 1.87 bits per heavy atom. The lowest BCUT2D eigenvalue weighted by molar-refractivity contribution is 0.554. The SMILES string of the molecule is Cc1ccc2sc(C(Cc3cccc(C(=N)N)c3)NS(=O)(=O)c3ccccc3)nc2c1. The minimum absolute atomic E-state index is 0.0290. The highest BCUT2D eigenvalue weighted by molar-refractivity contribution is 7.89. The molecule has 0 aliphatic rings. The number of nitrogens with zero attached hydrogens (tertiary/aromatic N) is 1. The first-order chi connectivity index (χ1) is 14.8. The molecule has 31 heavy (non-hydrogen) atoms. The Morgan fingerprint density at radius 1 is 1.10 bits per heavy atom. The lowest BCUT2D eigenvalue weighted by Gasteiger charge is -2.17. The van der Waals surface area contributed by atoms with Crippen molar-refractivity contribution in [2.75, 3.05) is 0 Å². The maximum atomic E-state index is 13.1. The Kier molecular flexibility index (Phi) is 5.86. The molecule has 0 radical (unpaired) electrons. The fourth-order valence-corrected chi connectivity index (χ4v) is 5.63. The predicted octanol–water partition coefficient (Wildman–Crippen LogP) is 4.15. The molecule has 8 heteroatoms. The maximum Gasteiger partial charge on any atom is 0.241 e. The molecule has 0 spiro atoms. The number of thiazole rings is 1. The van der Waals surface area contributed by atoms with Crippen molar-refractivity contribution in [1.82, 2.24) is 9.71 Å². The molecule has 1 heterocycles. The molecule has 158 valence electrons. The second-order valence-electron chi connectivity index (χ2n) is 7.33. The third kappa shape index (κ3) is 4.82. The van der Waals surface area contributed by atoms with Crippen LogP contribution in [0.3, 0.4) is 0 Å². The van der Waals surface area contributed by atoms with Gasteiger partial charge < -0.3 is 5.73 Å². The van der Waals surface area contributed by atoms with Crippen molar-refractivity contribution in [3.8, 4) is 0 Å². The summed E-state index contributed by atoms with van der Waals surface area (Å²) >= 11 is 1.47. The number of hydrogen-bond acceptors (Lipinski definition) is 5. The maximum absolute atomic E-state index is 13.1. The van der Waals surface area contributed by atoms with Crippen LogP contribution in [0.5, 0.6) is 0 Å². The van der Waals surface area contributed by atoms with Crippen LogP contribution >= 0.6 is 11.3 Å². The summed E-state index contributed by atoms with van der Waals surface area (Å²) in [6, 6.07) is 21.0. The van der Waals surface area contributed by atoms with Gasteiger partial charge in [0.1, 0.15) is 10.8 Å². The summed E-state index contributed by atoms with van der Waals surface area (Å²) in [5, 5.41) is 8.37. The summed E-state index contributed by atoms with van der Waals surface area (Å²) < 4.78 is 30.0. The zero-order chi connectivity index (χ0) is 22.0. The van der Waals surface area contributed by atoms with Crippen molar-refractivity contribution in [3.05, 3.63) is 94.5 Å². The number of fused-ring (bicyclic) bond motifs is 1. The van der Waals surface area contributed by atoms with Crippen LogP contribution in [0, 0.1) is 12.3 Å². The van der Waals surface area contributed by atoms with Crippen LogP contribution in [-0.2, 0) is 16.4 Å². The zero-order valence-electron chi connectivity index (χ0n) is 16.9. The van der Waals surface area contributed by atoms with Gasteiger partial charge in [0.15, 0.2) is 0 Å². The number of benzene rings is 3. The molecule has 1 atom stereocenters. The van der Waals surface area contributed by atoms with E-state index in [1.807, 2.05) is 43.3 Å². The van der Waals surface area contributed by atoms with E-state index < -0.39 is 16.1 Å². The Bertz CT molecular complexity index is 1350. The van der Waals surface area contributed by atoms with Crippen LogP contribution in [0.15, 0.2) is 77.7 Å². The van der Waals surface area contributed by atoms with Gasteiger partial charge in [-0.3, -0.25) is 5.41 Å². The second kappa shape index (κ2) is 8.58. The van der Waals surface area contributed by atoms with Gasteiger partial charge in [-0.15, -0.1) is 11.3 Å². The number of aryl methyl sites for hydroxylation is 1. The molecule has 4 N–H and O–H groups in total. The third-order valence-electron chi connectivity index (χ3n) is 4.89. The van der Waals surface area contributed by atoms with Crippen molar-refractivity contribution in [2.45, 2.75) is 24.3 Å². The standard InChI is InChI=1S/C23H22N4O2S2/c1-15-10-11-21-19(12-15)26-23(30-21)20(14-16-6-5-7-17(13-16)22(24)25)27-31(28,29)18-8-3-2-4-9-18/h2-13,20,27H,14H2,1H3,(H3,24,25). The minimum atomic E-state index is -3.75. The van der Waals surface area contributed by atoms with E-state index in [0.29, 0.717) is 17.0 Å². The summed E-state index contributed by atoms with van der Waals surface area (Å²) in [4.78, 5) is 4.93. The summed E-state index contributed by atoms with van der Waals surface area (Å²) in [5.41, 5.74) is 9.04. The number of nitrogen functional groups attached to an aromatic ring is 1. The molecule has 0 saturated carbocycles. The fraction of sp³-hybridized carbons (Fsp3) is 0.130. The third-order valence-corrected chi connectivity index (χ3v) is 7.52. The number of nitrogens with two attached hydrogens (primary N) is 1. The topological polar surface area (TPSA) is 109 Å². The van der Waals surface area contributed by atoms with Crippen LogP contribution in [0.25, 0.3) is 10.2 Å². The highest BCUT2D eigenvalue weighted by Gasteiger charge is 2.24. The molecular formula is C23H22N4O2S2. The van der Waals surface area contributed by atoms with E-state index in [1.165, 1.54) is 11.3 Å². The van der Waals surface area contributed by atoms with Crippen LogP contribution in [0.4, 0.5) is 0 Å². The monoisotopic (exact) mass is 450 g/mol. The Labute approximate surface area is 185 Å². The van der Waals surface area contributed by atoms with Gasteiger partial charge in [-0.25, -0.2) is 18.1 Å². The highest BCUT2D eigenvalue weighted by atomic mass is 32.2. The van der Waals surface area contributed by atoms with Gasteiger partial charge in [0.05, 0.1) is 21.2 Å². The van der Waals surface area contributed by atoms with Gasteiger partial charge in [0, 0.05) is 5.56 Å².